The third-order valence-electron chi connectivity index (χ3n) is 5.67. The van der Waals surface area contributed by atoms with Gasteiger partial charge in [-0.1, -0.05) is 56.0 Å². The number of hydrogen-bond acceptors (Lipinski definition) is 3. The molecule has 4 rings (SSSR count). The van der Waals surface area contributed by atoms with Crippen molar-refractivity contribution >= 4 is 27.6 Å². The van der Waals surface area contributed by atoms with Crippen LogP contribution in [0.3, 0.4) is 0 Å². The summed E-state index contributed by atoms with van der Waals surface area (Å²) < 4.78 is 24.7. The fraction of sp³-hybridized carbons (Fsp3) is 0.318. The Morgan fingerprint density at radius 3 is 2.21 bits per heavy atom. The second-order valence-corrected chi connectivity index (χ2v) is 9.61. The molecule has 0 aromatic heterocycles. The molecule has 5 nitrogen and oxygen atoms in total. The molecule has 6 heteroatoms. The van der Waals surface area contributed by atoms with Crippen LogP contribution in [0.25, 0.3) is 6.08 Å². The molecule has 2 fully saturated rings. The zero-order valence-electron chi connectivity index (χ0n) is 15.9. The molecule has 2 amide bonds. The van der Waals surface area contributed by atoms with Crippen molar-refractivity contribution in [2.45, 2.75) is 32.0 Å². The Morgan fingerprint density at radius 1 is 1.00 bits per heavy atom. The van der Waals surface area contributed by atoms with Crippen LogP contribution in [-0.2, 0) is 22.8 Å². The minimum Gasteiger partial charge on any atom is -0.314 e. The molecule has 0 N–H and O–H groups in total. The SMILES string of the molecule is C=Cc1ccc(CN2C(=O)N(c3ccc(CC)cc3)C3CS(=O)(=O)CC32)cc1. The van der Waals surface area contributed by atoms with Crippen molar-refractivity contribution in [1.29, 1.82) is 0 Å². The van der Waals surface area contributed by atoms with Gasteiger partial charge in [-0.15, -0.1) is 0 Å². The number of urea groups is 1. The standard InChI is InChI=1S/C22H24N2O3S/c1-3-16-5-7-18(8-6-16)13-23-20-14-28(26,27)15-21(20)24(22(23)25)19-11-9-17(4-2)10-12-19/h3,5-12,20-21H,1,4,13-15H2,2H3. The average molecular weight is 397 g/mol. The molecule has 0 bridgehead atoms. The van der Waals surface area contributed by atoms with Gasteiger partial charge in [-0.25, -0.2) is 13.2 Å². The number of benzene rings is 2. The van der Waals surface area contributed by atoms with Crippen molar-refractivity contribution in [3.05, 3.63) is 71.8 Å². The van der Waals surface area contributed by atoms with E-state index >= 15 is 0 Å². The van der Waals surface area contributed by atoms with Crippen LogP contribution in [0.2, 0.25) is 0 Å². The van der Waals surface area contributed by atoms with Gasteiger partial charge in [0.1, 0.15) is 0 Å². The van der Waals surface area contributed by atoms with Gasteiger partial charge < -0.3 is 4.90 Å². The van der Waals surface area contributed by atoms with Crippen molar-refractivity contribution < 1.29 is 13.2 Å². The smallest absolute Gasteiger partial charge is 0.314 e. The Balaban J connectivity index is 1.66. The average Bonchev–Trinajstić information content (AvgIpc) is 3.13. The lowest BCUT2D eigenvalue weighted by atomic mass is 10.1. The molecule has 0 saturated carbocycles. The monoisotopic (exact) mass is 396 g/mol. The van der Waals surface area contributed by atoms with E-state index in [-0.39, 0.29) is 29.6 Å². The number of amides is 2. The molecule has 146 valence electrons. The van der Waals surface area contributed by atoms with E-state index in [1.807, 2.05) is 48.5 Å². The largest absolute Gasteiger partial charge is 0.325 e. The predicted molar refractivity (Wildman–Crippen MR) is 112 cm³/mol. The molecular weight excluding hydrogens is 372 g/mol. The van der Waals surface area contributed by atoms with Gasteiger partial charge in [-0.3, -0.25) is 4.90 Å². The number of rotatable bonds is 5. The first-order valence-electron chi connectivity index (χ1n) is 9.52. The summed E-state index contributed by atoms with van der Waals surface area (Å²) in [7, 11) is -3.17. The third-order valence-corrected chi connectivity index (χ3v) is 7.37. The Morgan fingerprint density at radius 2 is 1.61 bits per heavy atom. The highest BCUT2D eigenvalue weighted by Gasteiger charge is 2.53. The Bertz CT molecular complexity index is 997. The van der Waals surface area contributed by atoms with Gasteiger partial charge in [0.05, 0.1) is 23.6 Å². The number of carbonyl (C=O) groups excluding carboxylic acids is 1. The number of nitrogens with zero attached hydrogens (tertiary/aromatic N) is 2. The van der Waals surface area contributed by atoms with Crippen molar-refractivity contribution in [1.82, 2.24) is 4.90 Å². The van der Waals surface area contributed by atoms with Crippen molar-refractivity contribution in [2.75, 3.05) is 16.4 Å². The fourth-order valence-electron chi connectivity index (χ4n) is 4.11. The van der Waals surface area contributed by atoms with Crippen LogP contribution in [-0.4, -0.2) is 42.9 Å². The van der Waals surface area contributed by atoms with Crippen molar-refractivity contribution in [2.24, 2.45) is 0 Å². The van der Waals surface area contributed by atoms with Crippen LogP contribution in [0.4, 0.5) is 10.5 Å². The number of anilines is 1. The minimum atomic E-state index is -3.17. The zero-order valence-corrected chi connectivity index (χ0v) is 16.7. The summed E-state index contributed by atoms with van der Waals surface area (Å²) in [5, 5.41) is 0. The van der Waals surface area contributed by atoms with Crippen molar-refractivity contribution in [3.8, 4) is 0 Å². The lowest BCUT2D eigenvalue weighted by Gasteiger charge is -2.23. The Kier molecular flexibility index (Phi) is 4.75. The first-order valence-corrected chi connectivity index (χ1v) is 11.3. The molecule has 0 spiro atoms. The van der Waals surface area contributed by atoms with Gasteiger partial charge in [0.15, 0.2) is 9.84 Å². The van der Waals surface area contributed by atoms with Gasteiger partial charge in [-0.2, -0.15) is 0 Å². The van der Waals surface area contributed by atoms with Crippen LogP contribution < -0.4 is 4.90 Å². The maximum atomic E-state index is 13.3. The molecule has 2 atom stereocenters. The van der Waals surface area contributed by atoms with Gasteiger partial charge >= 0.3 is 6.03 Å². The van der Waals surface area contributed by atoms with Crippen molar-refractivity contribution in [3.63, 3.8) is 0 Å². The van der Waals surface area contributed by atoms with E-state index in [4.69, 9.17) is 0 Å². The first-order chi connectivity index (χ1) is 13.4. The molecular formula is C22H24N2O3S. The summed E-state index contributed by atoms with van der Waals surface area (Å²) in [6, 6.07) is 14.9. The number of carbonyl (C=O) groups is 1. The van der Waals surface area contributed by atoms with Gasteiger partial charge in [-0.05, 0) is 35.2 Å². The molecule has 2 heterocycles. The van der Waals surface area contributed by atoms with E-state index in [9.17, 15) is 13.2 Å². The maximum Gasteiger partial charge on any atom is 0.325 e. The number of hydrogen-bond donors (Lipinski definition) is 0. The second kappa shape index (κ2) is 7.09. The topological polar surface area (TPSA) is 57.7 Å². The van der Waals surface area contributed by atoms with Crippen LogP contribution in [0, 0.1) is 0 Å². The summed E-state index contributed by atoms with van der Waals surface area (Å²) in [5.41, 5.74) is 3.93. The third kappa shape index (κ3) is 3.33. The molecule has 2 aromatic carbocycles. The van der Waals surface area contributed by atoms with E-state index in [2.05, 4.69) is 13.5 Å². The maximum absolute atomic E-state index is 13.3. The van der Waals surface area contributed by atoms with Gasteiger partial charge in [0, 0.05) is 12.2 Å². The summed E-state index contributed by atoms with van der Waals surface area (Å²) in [4.78, 5) is 16.6. The van der Waals surface area contributed by atoms with E-state index < -0.39 is 9.84 Å². The number of fused-ring (bicyclic) bond motifs is 1. The first kappa shape index (κ1) is 18.7. The lowest BCUT2D eigenvalue weighted by molar-refractivity contribution is 0.206. The predicted octanol–water partition coefficient (Wildman–Crippen LogP) is 3.50. The van der Waals surface area contributed by atoms with E-state index in [0.29, 0.717) is 6.54 Å². The lowest BCUT2D eigenvalue weighted by Crippen LogP contribution is -2.37. The highest BCUT2D eigenvalue weighted by atomic mass is 32.2. The van der Waals surface area contributed by atoms with Crippen LogP contribution in [0.5, 0.6) is 0 Å². The quantitative estimate of drug-likeness (QED) is 0.727. The number of aryl methyl sites for hydroxylation is 1. The highest BCUT2D eigenvalue weighted by Crippen LogP contribution is 2.36. The highest BCUT2D eigenvalue weighted by molar-refractivity contribution is 7.91. The molecule has 28 heavy (non-hydrogen) atoms. The Hall–Kier alpha value is -2.60. The van der Waals surface area contributed by atoms with E-state index in [1.165, 1.54) is 5.56 Å². The molecule has 0 aliphatic carbocycles. The van der Waals surface area contributed by atoms with E-state index in [1.54, 1.807) is 15.9 Å². The number of sulfone groups is 1. The van der Waals surface area contributed by atoms with Gasteiger partial charge in [0.25, 0.3) is 0 Å². The molecule has 0 radical (unpaired) electrons. The molecule has 2 saturated heterocycles. The molecule has 2 aliphatic rings. The van der Waals surface area contributed by atoms with Crippen LogP contribution >= 0.6 is 0 Å². The summed E-state index contributed by atoms with van der Waals surface area (Å²) in [6.07, 6.45) is 2.69. The van der Waals surface area contributed by atoms with Gasteiger partial charge in [0.2, 0.25) is 0 Å². The minimum absolute atomic E-state index is 0.0187. The normalized spacial score (nSPS) is 23.1. The summed E-state index contributed by atoms with van der Waals surface area (Å²) >= 11 is 0. The molecule has 2 aromatic rings. The second-order valence-electron chi connectivity index (χ2n) is 7.46. The fourth-order valence-corrected chi connectivity index (χ4v) is 6.06. The molecule has 2 aliphatic heterocycles. The molecule has 2 unspecified atom stereocenters. The summed E-state index contributed by atoms with van der Waals surface area (Å²) in [5.74, 6) is 0.0442. The van der Waals surface area contributed by atoms with E-state index in [0.717, 1.165) is 23.2 Å². The summed E-state index contributed by atoms with van der Waals surface area (Å²) in [6.45, 7) is 6.23. The van der Waals surface area contributed by atoms with Crippen LogP contribution in [0.15, 0.2) is 55.1 Å². The van der Waals surface area contributed by atoms with Crippen LogP contribution in [0.1, 0.15) is 23.6 Å². The zero-order chi connectivity index (χ0) is 19.9. The Labute approximate surface area is 166 Å².